The molecule has 1 heterocycles. The smallest absolute Gasteiger partial charge is 0.246 e. The Labute approximate surface area is 167 Å². The van der Waals surface area contributed by atoms with E-state index in [1.54, 1.807) is 12.1 Å². The number of methoxy groups -OCH3 is 2. The van der Waals surface area contributed by atoms with Gasteiger partial charge in [0.1, 0.15) is 16.4 Å². The van der Waals surface area contributed by atoms with Gasteiger partial charge in [0, 0.05) is 44.8 Å². The third-order valence-corrected chi connectivity index (χ3v) is 6.70. The lowest BCUT2D eigenvalue weighted by Crippen LogP contribution is -2.43. The number of carbonyl (C=O) groups excluding carboxylic acids is 1. The van der Waals surface area contributed by atoms with Crippen molar-refractivity contribution < 1.29 is 27.4 Å². The molecule has 1 fully saturated rings. The lowest BCUT2D eigenvalue weighted by atomic mass is 9.97. The predicted octanol–water partition coefficient (Wildman–Crippen LogP) is 1.65. The molecule has 8 nitrogen and oxygen atoms in total. The lowest BCUT2D eigenvalue weighted by molar-refractivity contribution is -0.126. The standard InChI is InChI=1S/C19H30N2O6S/c1-4-27-13-5-10-20-19(22)15-8-11-21(12-9-15)28(23,24)18-14-16(25-2)6-7-17(18)26-3/h6-7,14-15H,4-5,8-13H2,1-3H3,(H,20,22). The molecule has 1 aliphatic rings. The van der Waals surface area contributed by atoms with Crippen LogP contribution >= 0.6 is 0 Å². The highest BCUT2D eigenvalue weighted by molar-refractivity contribution is 7.89. The normalized spacial score (nSPS) is 16.0. The van der Waals surface area contributed by atoms with E-state index < -0.39 is 10.0 Å². The third kappa shape index (κ3) is 5.59. The number of benzene rings is 1. The fraction of sp³-hybridized carbons (Fsp3) is 0.632. The zero-order chi connectivity index (χ0) is 20.6. The van der Waals surface area contributed by atoms with E-state index in [0.29, 0.717) is 51.4 Å². The molecular formula is C19H30N2O6S. The average Bonchev–Trinajstić information content (AvgIpc) is 2.73. The van der Waals surface area contributed by atoms with Gasteiger partial charge in [-0.15, -0.1) is 0 Å². The first-order valence-corrected chi connectivity index (χ1v) is 11.0. The van der Waals surface area contributed by atoms with Gasteiger partial charge in [-0.05, 0) is 38.3 Å². The summed E-state index contributed by atoms with van der Waals surface area (Å²) in [4.78, 5) is 12.4. The Morgan fingerprint density at radius 2 is 1.93 bits per heavy atom. The van der Waals surface area contributed by atoms with E-state index in [-0.39, 0.29) is 22.5 Å². The monoisotopic (exact) mass is 414 g/mol. The number of rotatable bonds is 10. The molecule has 1 saturated heterocycles. The highest BCUT2D eigenvalue weighted by Gasteiger charge is 2.33. The van der Waals surface area contributed by atoms with Gasteiger partial charge in [-0.3, -0.25) is 4.79 Å². The van der Waals surface area contributed by atoms with Gasteiger partial charge < -0.3 is 19.5 Å². The van der Waals surface area contributed by atoms with Crippen LogP contribution in [0.5, 0.6) is 11.5 Å². The van der Waals surface area contributed by atoms with E-state index in [0.717, 1.165) is 6.42 Å². The summed E-state index contributed by atoms with van der Waals surface area (Å²) in [6, 6.07) is 4.69. The Hall–Kier alpha value is -1.84. The number of carbonyl (C=O) groups is 1. The van der Waals surface area contributed by atoms with Crippen LogP contribution in [0.4, 0.5) is 0 Å². The van der Waals surface area contributed by atoms with Gasteiger partial charge in [-0.2, -0.15) is 4.31 Å². The predicted molar refractivity (Wildman–Crippen MR) is 105 cm³/mol. The molecule has 1 aromatic rings. The van der Waals surface area contributed by atoms with E-state index in [1.165, 1.54) is 24.6 Å². The van der Waals surface area contributed by atoms with Crippen LogP contribution in [-0.4, -0.2) is 65.7 Å². The second-order valence-corrected chi connectivity index (χ2v) is 8.44. The van der Waals surface area contributed by atoms with Crippen molar-refractivity contribution >= 4 is 15.9 Å². The van der Waals surface area contributed by atoms with Crippen LogP contribution in [0.1, 0.15) is 26.2 Å². The molecule has 1 aliphatic heterocycles. The third-order valence-electron chi connectivity index (χ3n) is 4.78. The van der Waals surface area contributed by atoms with Crippen LogP contribution in [0.3, 0.4) is 0 Å². The summed E-state index contributed by atoms with van der Waals surface area (Å²) in [6.45, 7) is 4.37. The Kier molecular flexibility index (Phi) is 8.53. The van der Waals surface area contributed by atoms with Crippen LogP contribution < -0.4 is 14.8 Å². The van der Waals surface area contributed by atoms with Crippen molar-refractivity contribution in [2.24, 2.45) is 5.92 Å². The first-order valence-electron chi connectivity index (χ1n) is 9.51. The number of hydrogen-bond acceptors (Lipinski definition) is 6. The van der Waals surface area contributed by atoms with Gasteiger partial charge in [-0.1, -0.05) is 0 Å². The summed E-state index contributed by atoms with van der Waals surface area (Å²) in [5.41, 5.74) is 0. The highest BCUT2D eigenvalue weighted by atomic mass is 32.2. The molecule has 9 heteroatoms. The van der Waals surface area contributed by atoms with Crippen molar-refractivity contribution in [3.05, 3.63) is 18.2 Å². The minimum absolute atomic E-state index is 0.0208. The maximum absolute atomic E-state index is 13.1. The van der Waals surface area contributed by atoms with Crippen molar-refractivity contribution in [1.29, 1.82) is 0 Å². The average molecular weight is 415 g/mol. The number of hydrogen-bond donors (Lipinski definition) is 1. The van der Waals surface area contributed by atoms with Crippen molar-refractivity contribution in [1.82, 2.24) is 9.62 Å². The van der Waals surface area contributed by atoms with Crippen LogP contribution in [0.2, 0.25) is 0 Å². The first kappa shape index (κ1) is 22.4. The van der Waals surface area contributed by atoms with E-state index in [4.69, 9.17) is 14.2 Å². The maximum Gasteiger partial charge on any atom is 0.246 e. The summed E-state index contributed by atoms with van der Waals surface area (Å²) in [5, 5.41) is 2.91. The maximum atomic E-state index is 13.1. The van der Waals surface area contributed by atoms with E-state index >= 15 is 0 Å². The summed E-state index contributed by atoms with van der Waals surface area (Å²) in [6.07, 6.45) is 1.74. The number of ether oxygens (including phenoxy) is 3. The first-order chi connectivity index (χ1) is 13.4. The number of nitrogens with one attached hydrogen (secondary N) is 1. The molecule has 0 aliphatic carbocycles. The lowest BCUT2D eigenvalue weighted by Gasteiger charge is -2.31. The number of amides is 1. The number of sulfonamides is 1. The fourth-order valence-corrected chi connectivity index (χ4v) is 4.80. The fourth-order valence-electron chi connectivity index (χ4n) is 3.16. The molecule has 0 aromatic heterocycles. The summed E-state index contributed by atoms with van der Waals surface area (Å²) < 4.78 is 43.1. The molecule has 0 spiro atoms. The summed E-state index contributed by atoms with van der Waals surface area (Å²) >= 11 is 0. The second-order valence-electron chi connectivity index (χ2n) is 6.54. The van der Waals surface area contributed by atoms with Crippen LogP contribution in [0.25, 0.3) is 0 Å². The summed E-state index contributed by atoms with van der Waals surface area (Å²) in [7, 11) is -0.817. The van der Waals surface area contributed by atoms with Crippen LogP contribution in [0, 0.1) is 5.92 Å². The topological polar surface area (TPSA) is 94.2 Å². The largest absolute Gasteiger partial charge is 0.497 e. The summed E-state index contributed by atoms with van der Waals surface area (Å²) in [5.74, 6) is 0.522. The molecule has 0 radical (unpaired) electrons. The molecule has 1 amide bonds. The number of piperidine rings is 1. The second kappa shape index (κ2) is 10.6. The Bertz CT molecular complexity index is 745. The number of nitrogens with zero attached hydrogens (tertiary/aromatic N) is 1. The molecule has 28 heavy (non-hydrogen) atoms. The molecule has 0 saturated carbocycles. The highest BCUT2D eigenvalue weighted by Crippen LogP contribution is 2.32. The van der Waals surface area contributed by atoms with Gasteiger partial charge in [-0.25, -0.2) is 8.42 Å². The molecule has 158 valence electrons. The molecule has 0 bridgehead atoms. The zero-order valence-electron chi connectivity index (χ0n) is 16.8. The molecule has 0 atom stereocenters. The van der Waals surface area contributed by atoms with Gasteiger partial charge in [0.2, 0.25) is 15.9 Å². The van der Waals surface area contributed by atoms with Crippen molar-refractivity contribution in [2.45, 2.75) is 31.1 Å². The van der Waals surface area contributed by atoms with Crippen LogP contribution in [-0.2, 0) is 19.6 Å². The van der Waals surface area contributed by atoms with E-state index in [9.17, 15) is 13.2 Å². The minimum Gasteiger partial charge on any atom is -0.497 e. The SMILES string of the molecule is CCOCCCNC(=O)C1CCN(S(=O)(=O)c2cc(OC)ccc2OC)CC1. The Morgan fingerprint density at radius 1 is 1.21 bits per heavy atom. The molecule has 0 unspecified atom stereocenters. The zero-order valence-corrected chi connectivity index (χ0v) is 17.6. The van der Waals surface area contributed by atoms with Gasteiger partial charge >= 0.3 is 0 Å². The molecule has 2 rings (SSSR count). The Balaban J connectivity index is 1.96. The molecule has 1 N–H and O–H groups in total. The van der Waals surface area contributed by atoms with E-state index in [2.05, 4.69) is 5.32 Å². The quantitative estimate of drug-likeness (QED) is 0.585. The minimum atomic E-state index is -3.73. The van der Waals surface area contributed by atoms with Crippen molar-refractivity contribution in [2.75, 3.05) is 47.1 Å². The van der Waals surface area contributed by atoms with Crippen molar-refractivity contribution in [3.8, 4) is 11.5 Å². The molecule has 1 aromatic carbocycles. The van der Waals surface area contributed by atoms with Crippen LogP contribution in [0.15, 0.2) is 23.1 Å². The van der Waals surface area contributed by atoms with E-state index in [1.807, 2.05) is 6.92 Å². The van der Waals surface area contributed by atoms with Gasteiger partial charge in [0.15, 0.2) is 0 Å². The molecular weight excluding hydrogens is 384 g/mol. The van der Waals surface area contributed by atoms with Crippen molar-refractivity contribution in [3.63, 3.8) is 0 Å². The Morgan fingerprint density at radius 3 is 2.54 bits per heavy atom. The van der Waals surface area contributed by atoms with Gasteiger partial charge in [0.25, 0.3) is 0 Å². The van der Waals surface area contributed by atoms with Gasteiger partial charge in [0.05, 0.1) is 14.2 Å².